The lowest BCUT2D eigenvalue weighted by molar-refractivity contribution is -0.137. The molecule has 0 aliphatic heterocycles. The Balaban J connectivity index is 1.84. The Labute approximate surface area is 124 Å². The van der Waals surface area contributed by atoms with Crippen LogP contribution < -0.4 is 4.74 Å². The quantitative estimate of drug-likeness (QED) is 0.762. The summed E-state index contributed by atoms with van der Waals surface area (Å²) >= 11 is 0. The van der Waals surface area contributed by atoms with Crippen LogP contribution in [0, 0.1) is 6.92 Å². The number of carboxylic acids is 1. The third-order valence-corrected chi connectivity index (χ3v) is 2.99. The number of aromatic nitrogens is 1. The molecule has 2 rings (SSSR count). The van der Waals surface area contributed by atoms with E-state index in [0.717, 1.165) is 17.0 Å². The summed E-state index contributed by atoms with van der Waals surface area (Å²) < 4.78 is 5.48. The number of aliphatic carboxylic acids is 1. The van der Waals surface area contributed by atoms with E-state index in [1.807, 2.05) is 49.5 Å². The van der Waals surface area contributed by atoms with Crippen LogP contribution in [-0.2, 0) is 4.79 Å². The topological polar surface area (TPSA) is 62.3 Å². The van der Waals surface area contributed by atoms with Gasteiger partial charge >= 0.3 is 5.97 Å². The number of hydrogen-bond acceptors (Lipinski definition) is 2. The third-order valence-electron chi connectivity index (χ3n) is 2.99. The van der Waals surface area contributed by atoms with E-state index in [1.54, 1.807) is 0 Å². The molecule has 0 saturated heterocycles. The molecule has 0 amide bonds. The lowest BCUT2D eigenvalue weighted by Gasteiger charge is -2.05. The maximum atomic E-state index is 10.4. The van der Waals surface area contributed by atoms with Gasteiger partial charge in [0, 0.05) is 18.3 Å². The molecule has 1 aromatic heterocycles. The third kappa shape index (κ3) is 5.18. The second kappa shape index (κ2) is 7.33. The smallest absolute Gasteiger partial charge is 0.303 e. The van der Waals surface area contributed by atoms with Gasteiger partial charge in [0.1, 0.15) is 5.75 Å². The Hall–Kier alpha value is -2.49. The molecule has 0 fully saturated rings. The second-order valence-corrected chi connectivity index (χ2v) is 4.88. The molecule has 0 saturated carbocycles. The molecule has 1 aromatic carbocycles. The fourth-order valence-electron chi connectivity index (χ4n) is 1.90. The summed E-state index contributed by atoms with van der Waals surface area (Å²) in [6, 6.07) is 9.80. The summed E-state index contributed by atoms with van der Waals surface area (Å²) in [7, 11) is 0. The maximum Gasteiger partial charge on any atom is 0.303 e. The highest BCUT2D eigenvalue weighted by Crippen LogP contribution is 2.15. The number of hydrogen-bond donors (Lipinski definition) is 2. The first-order valence-corrected chi connectivity index (χ1v) is 6.91. The van der Waals surface area contributed by atoms with Gasteiger partial charge in [0.15, 0.2) is 0 Å². The predicted molar refractivity (Wildman–Crippen MR) is 83.3 cm³/mol. The van der Waals surface area contributed by atoms with Crippen LogP contribution in [0.2, 0.25) is 0 Å². The van der Waals surface area contributed by atoms with E-state index < -0.39 is 5.97 Å². The SMILES string of the molecule is Cc1c[nH]c(C=Cc2ccc(OCCCC(=O)O)cc2)c1. The van der Waals surface area contributed by atoms with E-state index in [-0.39, 0.29) is 6.42 Å². The molecular weight excluding hydrogens is 266 g/mol. The minimum absolute atomic E-state index is 0.135. The number of carbonyl (C=O) groups is 1. The van der Waals surface area contributed by atoms with Crippen molar-refractivity contribution in [1.82, 2.24) is 4.98 Å². The molecule has 1 heterocycles. The summed E-state index contributed by atoms with van der Waals surface area (Å²) in [5.41, 5.74) is 3.36. The molecule has 0 aliphatic rings. The zero-order valence-corrected chi connectivity index (χ0v) is 12.0. The van der Waals surface area contributed by atoms with E-state index in [1.165, 1.54) is 5.56 Å². The van der Waals surface area contributed by atoms with E-state index in [9.17, 15) is 4.79 Å². The Morgan fingerprint density at radius 1 is 1.29 bits per heavy atom. The normalized spacial score (nSPS) is 10.9. The zero-order chi connectivity index (χ0) is 15.1. The first-order valence-electron chi connectivity index (χ1n) is 6.91. The van der Waals surface area contributed by atoms with Crippen molar-refractivity contribution in [1.29, 1.82) is 0 Å². The van der Waals surface area contributed by atoms with Gasteiger partial charge in [-0.2, -0.15) is 0 Å². The molecule has 0 unspecified atom stereocenters. The fourth-order valence-corrected chi connectivity index (χ4v) is 1.90. The summed E-state index contributed by atoms with van der Waals surface area (Å²) in [6.45, 7) is 2.47. The van der Waals surface area contributed by atoms with Gasteiger partial charge in [-0.15, -0.1) is 0 Å². The minimum Gasteiger partial charge on any atom is -0.494 e. The first-order chi connectivity index (χ1) is 10.1. The van der Waals surface area contributed by atoms with Crippen molar-refractivity contribution in [2.45, 2.75) is 19.8 Å². The number of rotatable bonds is 7. The Morgan fingerprint density at radius 3 is 2.67 bits per heavy atom. The monoisotopic (exact) mass is 285 g/mol. The number of carboxylic acid groups (broad SMARTS) is 1. The number of aryl methyl sites for hydroxylation is 1. The fraction of sp³-hybridized carbons (Fsp3) is 0.235. The highest BCUT2D eigenvalue weighted by molar-refractivity contribution is 5.68. The van der Waals surface area contributed by atoms with Crippen LogP contribution in [0.15, 0.2) is 36.5 Å². The van der Waals surface area contributed by atoms with Crippen LogP contribution in [0.5, 0.6) is 5.75 Å². The van der Waals surface area contributed by atoms with Gasteiger partial charge in [-0.25, -0.2) is 0 Å². The maximum absolute atomic E-state index is 10.4. The van der Waals surface area contributed by atoms with E-state index >= 15 is 0 Å². The van der Waals surface area contributed by atoms with Crippen molar-refractivity contribution < 1.29 is 14.6 Å². The van der Waals surface area contributed by atoms with E-state index in [0.29, 0.717) is 13.0 Å². The van der Waals surface area contributed by atoms with Crippen LogP contribution in [-0.4, -0.2) is 22.7 Å². The van der Waals surface area contributed by atoms with E-state index in [2.05, 4.69) is 11.1 Å². The standard InChI is InChI=1S/C17H19NO3/c1-13-11-15(18-12-13)7-4-14-5-8-16(9-6-14)21-10-2-3-17(19)20/h4-9,11-12,18H,2-3,10H2,1H3,(H,19,20). The molecule has 0 bridgehead atoms. The predicted octanol–water partition coefficient (Wildman–Crippen LogP) is 3.74. The Morgan fingerprint density at radius 2 is 2.05 bits per heavy atom. The highest BCUT2D eigenvalue weighted by Gasteiger charge is 1.98. The largest absolute Gasteiger partial charge is 0.494 e. The lowest BCUT2D eigenvalue weighted by Crippen LogP contribution is -2.01. The molecule has 21 heavy (non-hydrogen) atoms. The lowest BCUT2D eigenvalue weighted by atomic mass is 10.2. The van der Waals surface area contributed by atoms with Gasteiger partial charge in [0.05, 0.1) is 6.61 Å². The average Bonchev–Trinajstić information content (AvgIpc) is 2.88. The summed E-state index contributed by atoms with van der Waals surface area (Å²) in [5, 5.41) is 8.54. The highest BCUT2D eigenvalue weighted by atomic mass is 16.5. The van der Waals surface area contributed by atoms with Gasteiger partial charge in [-0.1, -0.05) is 18.2 Å². The molecular formula is C17H19NO3. The van der Waals surface area contributed by atoms with Gasteiger partial charge in [0.25, 0.3) is 0 Å². The molecule has 0 spiro atoms. The Bertz CT molecular complexity index is 611. The van der Waals surface area contributed by atoms with Crippen LogP contribution in [0.3, 0.4) is 0 Å². The molecule has 0 atom stereocenters. The molecule has 2 aromatic rings. The van der Waals surface area contributed by atoms with Crippen molar-refractivity contribution in [2.24, 2.45) is 0 Å². The van der Waals surface area contributed by atoms with Crippen LogP contribution in [0.4, 0.5) is 0 Å². The number of nitrogens with one attached hydrogen (secondary N) is 1. The average molecular weight is 285 g/mol. The number of aromatic amines is 1. The van der Waals surface area contributed by atoms with Crippen molar-refractivity contribution in [3.05, 3.63) is 53.3 Å². The van der Waals surface area contributed by atoms with Crippen LogP contribution in [0.25, 0.3) is 12.2 Å². The summed E-state index contributed by atoms with van der Waals surface area (Å²) in [5.74, 6) is -0.0353. The zero-order valence-electron chi connectivity index (χ0n) is 12.0. The Kier molecular flexibility index (Phi) is 5.21. The van der Waals surface area contributed by atoms with Crippen LogP contribution >= 0.6 is 0 Å². The number of ether oxygens (including phenoxy) is 1. The van der Waals surface area contributed by atoms with Gasteiger partial charge in [-0.05, 0) is 48.7 Å². The van der Waals surface area contributed by atoms with E-state index in [4.69, 9.17) is 9.84 Å². The van der Waals surface area contributed by atoms with Crippen molar-refractivity contribution >= 4 is 18.1 Å². The summed E-state index contributed by atoms with van der Waals surface area (Å²) in [6.07, 6.45) is 6.67. The van der Waals surface area contributed by atoms with Gasteiger partial charge < -0.3 is 14.8 Å². The van der Waals surface area contributed by atoms with Crippen molar-refractivity contribution in [2.75, 3.05) is 6.61 Å². The molecule has 0 aliphatic carbocycles. The minimum atomic E-state index is -0.793. The van der Waals surface area contributed by atoms with Gasteiger partial charge in [0.2, 0.25) is 0 Å². The summed E-state index contributed by atoms with van der Waals surface area (Å²) in [4.78, 5) is 13.6. The van der Waals surface area contributed by atoms with Gasteiger partial charge in [-0.3, -0.25) is 4.79 Å². The molecule has 110 valence electrons. The second-order valence-electron chi connectivity index (χ2n) is 4.88. The number of benzene rings is 1. The van der Waals surface area contributed by atoms with Crippen LogP contribution in [0.1, 0.15) is 29.7 Å². The molecule has 2 N–H and O–H groups in total. The molecule has 0 radical (unpaired) electrons. The number of H-pyrrole nitrogens is 1. The molecule has 4 heteroatoms. The van der Waals surface area contributed by atoms with Crippen molar-refractivity contribution in [3.8, 4) is 5.75 Å². The van der Waals surface area contributed by atoms with Crippen molar-refractivity contribution in [3.63, 3.8) is 0 Å². The first kappa shape index (κ1) is 14.9. The molecule has 4 nitrogen and oxygen atoms in total.